The van der Waals surface area contributed by atoms with Crippen molar-refractivity contribution in [1.82, 2.24) is 10.2 Å². The number of cyclic esters (lactones) is 1. The molecule has 0 aromatic heterocycles. The van der Waals surface area contributed by atoms with Gasteiger partial charge in [0.2, 0.25) is 0 Å². The summed E-state index contributed by atoms with van der Waals surface area (Å²) < 4.78 is 11.6. The van der Waals surface area contributed by atoms with Gasteiger partial charge in [0.15, 0.2) is 8.32 Å². The Morgan fingerprint density at radius 3 is 2.65 bits per heavy atom. The number of rotatable bonds is 3. The van der Waals surface area contributed by atoms with Crippen molar-refractivity contribution in [3.05, 3.63) is 0 Å². The van der Waals surface area contributed by atoms with Crippen molar-refractivity contribution in [2.45, 2.75) is 57.5 Å². The first-order valence-electron chi connectivity index (χ1n) is 7.54. The smallest absolute Gasteiger partial charge is 0.410 e. The van der Waals surface area contributed by atoms with Gasteiger partial charge in [-0.15, -0.1) is 0 Å². The zero-order valence-corrected chi connectivity index (χ0v) is 14.4. The molecule has 2 fully saturated rings. The molecule has 5 nitrogen and oxygen atoms in total. The van der Waals surface area contributed by atoms with Crippen LogP contribution in [-0.4, -0.2) is 57.7 Å². The molecule has 1 amide bonds. The van der Waals surface area contributed by atoms with Gasteiger partial charge in [-0.25, -0.2) is 4.79 Å². The molecule has 0 aliphatic carbocycles. The summed E-state index contributed by atoms with van der Waals surface area (Å²) in [5.74, 6) is 0. The zero-order chi connectivity index (χ0) is 15.0. The molecule has 20 heavy (non-hydrogen) atoms. The first-order valence-corrected chi connectivity index (χ1v) is 10.4. The number of carbonyl (C=O) groups is 1. The summed E-state index contributed by atoms with van der Waals surface area (Å²) >= 11 is 0. The Balaban J connectivity index is 2.09. The third-order valence-electron chi connectivity index (χ3n) is 4.84. The van der Waals surface area contributed by atoms with E-state index in [1.807, 2.05) is 4.90 Å². The van der Waals surface area contributed by atoms with E-state index in [9.17, 15) is 4.79 Å². The Kier molecular flexibility index (Phi) is 4.46. The van der Waals surface area contributed by atoms with Crippen LogP contribution in [0.15, 0.2) is 0 Å². The van der Waals surface area contributed by atoms with Crippen LogP contribution in [0.3, 0.4) is 0 Å². The Bertz CT molecular complexity index is 368. The topological polar surface area (TPSA) is 50.8 Å². The number of amides is 1. The third kappa shape index (κ3) is 3.18. The van der Waals surface area contributed by atoms with Crippen molar-refractivity contribution in [2.24, 2.45) is 0 Å². The molecule has 2 aliphatic heterocycles. The molecule has 2 saturated heterocycles. The van der Waals surface area contributed by atoms with Crippen molar-refractivity contribution in [3.8, 4) is 0 Å². The monoisotopic (exact) mass is 300 g/mol. The molecular weight excluding hydrogens is 272 g/mol. The van der Waals surface area contributed by atoms with Crippen LogP contribution in [-0.2, 0) is 9.16 Å². The fraction of sp³-hybridized carbons (Fsp3) is 0.929. The van der Waals surface area contributed by atoms with E-state index in [0.717, 1.165) is 19.5 Å². The molecule has 0 radical (unpaired) electrons. The van der Waals surface area contributed by atoms with E-state index in [0.29, 0.717) is 13.2 Å². The molecular formula is C14H28N2O3Si. The number of nitrogens with zero attached hydrogens (tertiary/aromatic N) is 1. The lowest BCUT2D eigenvalue weighted by Crippen LogP contribution is -2.58. The highest BCUT2D eigenvalue weighted by molar-refractivity contribution is 6.74. The lowest BCUT2D eigenvalue weighted by molar-refractivity contribution is 0.0570. The van der Waals surface area contributed by atoms with E-state index < -0.39 is 8.32 Å². The van der Waals surface area contributed by atoms with Crippen molar-refractivity contribution in [1.29, 1.82) is 0 Å². The molecule has 0 unspecified atom stereocenters. The molecule has 0 aromatic rings. The van der Waals surface area contributed by atoms with Crippen LogP contribution in [0.25, 0.3) is 0 Å². The molecule has 2 rings (SSSR count). The summed E-state index contributed by atoms with van der Waals surface area (Å²) in [5, 5.41) is 3.58. The van der Waals surface area contributed by atoms with Gasteiger partial charge >= 0.3 is 6.09 Å². The lowest BCUT2D eigenvalue weighted by Gasteiger charge is -2.44. The number of hydrogen-bond acceptors (Lipinski definition) is 4. The molecule has 0 aromatic carbocycles. The molecule has 6 heteroatoms. The maximum absolute atomic E-state index is 11.8. The van der Waals surface area contributed by atoms with Gasteiger partial charge in [-0.2, -0.15) is 0 Å². The van der Waals surface area contributed by atoms with Crippen LogP contribution in [0.4, 0.5) is 4.79 Å². The Hall–Kier alpha value is -0.593. The summed E-state index contributed by atoms with van der Waals surface area (Å²) in [7, 11) is -1.83. The van der Waals surface area contributed by atoms with Gasteiger partial charge < -0.3 is 14.5 Å². The molecule has 0 saturated carbocycles. The normalized spacial score (nSPS) is 28.6. The summed E-state index contributed by atoms with van der Waals surface area (Å²) in [5.41, 5.74) is 0. The van der Waals surface area contributed by atoms with Gasteiger partial charge in [0.25, 0.3) is 0 Å². The van der Waals surface area contributed by atoms with Crippen LogP contribution in [0.5, 0.6) is 0 Å². The SMILES string of the molecule is CC(C)(C)[Si](C)(C)O[C@H]1CNCC[C@H]1N1CCOC1=O. The van der Waals surface area contributed by atoms with Crippen LogP contribution in [0, 0.1) is 0 Å². The van der Waals surface area contributed by atoms with E-state index in [4.69, 9.17) is 9.16 Å². The minimum Gasteiger partial charge on any atom is -0.448 e. The minimum absolute atomic E-state index is 0.0790. The third-order valence-corrected chi connectivity index (χ3v) is 9.34. The minimum atomic E-state index is -1.83. The highest BCUT2D eigenvalue weighted by Crippen LogP contribution is 2.38. The maximum Gasteiger partial charge on any atom is 0.410 e. The van der Waals surface area contributed by atoms with Crippen LogP contribution < -0.4 is 5.32 Å². The number of carbonyl (C=O) groups excluding carboxylic acids is 1. The van der Waals surface area contributed by atoms with Crippen LogP contribution in [0.1, 0.15) is 27.2 Å². The summed E-state index contributed by atoms with van der Waals surface area (Å²) in [6.45, 7) is 14.2. The first-order chi connectivity index (χ1) is 9.22. The first kappa shape index (κ1) is 15.8. The number of hydrogen-bond donors (Lipinski definition) is 1. The molecule has 1 N–H and O–H groups in total. The number of nitrogens with one attached hydrogen (secondary N) is 1. The molecule has 0 bridgehead atoms. The van der Waals surface area contributed by atoms with Gasteiger partial charge in [0, 0.05) is 6.54 Å². The van der Waals surface area contributed by atoms with Crippen molar-refractivity contribution < 1.29 is 14.0 Å². The quantitative estimate of drug-likeness (QED) is 0.812. The summed E-state index contributed by atoms with van der Waals surface area (Å²) in [6.07, 6.45) is 0.838. The van der Waals surface area contributed by atoms with Gasteiger partial charge in [0.1, 0.15) is 6.61 Å². The second-order valence-corrected chi connectivity index (χ2v) is 12.0. The molecule has 0 spiro atoms. The average molecular weight is 300 g/mol. The Morgan fingerprint density at radius 1 is 1.40 bits per heavy atom. The summed E-state index contributed by atoms with van der Waals surface area (Å²) in [6, 6.07) is 0.153. The fourth-order valence-electron chi connectivity index (χ4n) is 2.55. The van der Waals surface area contributed by atoms with Gasteiger partial charge in [-0.1, -0.05) is 20.8 Å². The standard InChI is InChI=1S/C14H28N2O3Si/c1-14(2,3)20(4,5)19-12-10-15-7-6-11(12)16-8-9-18-13(16)17/h11-12,15H,6-10H2,1-5H3/t11-,12+/m1/s1. The van der Waals surface area contributed by atoms with Gasteiger partial charge in [-0.3, -0.25) is 4.90 Å². The largest absolute Gasteiger partial charge is 0.448 e. The second-order valence-electron chi connectivity index (χ2n) is 7.28. The van der Waals surface area contributed by atoms with E-state index in [1.54, 1.807) is 0 Å². The van der Waals surface area contributed by atoms with Crippen molar-refractivity contribution >= 4 is 14.4 Å². The van der Waals surface area contributed by atoms with E-state index in [-0.39, 0.29) is 23.3 Å². The van der Waals surface area contributed by atoms with Gasteiger partial charge in [0.05, 0.1) is 18.7 Å². The molecule has 116 valence electrons. The molecule has 2 heterocycles. The second kappa shape index (κ2) is 5.65. The summed E-state index contributed by atoms with van der Waals surface area (Å²) in [4.78, 5) is 13.7. The van der Waals surface area contributed by atoms with Crippen molar-refractivity contribution in [2.75, 3.05) is 26.2 Å². The molecule has 2 atom stereocenters. The molecule has 2 aliphatic rings. The van der Waals surface area contributed by atoms with E-state index in [2.05, 4.69) is 39.2 Å². The lowest BCUT2D eigenvalue weighted by atomic mass is 10.0. The van der Waals surface area contributed by atoms with Crippen LogP contribution >= 0.6 is 0 Å². The van der Waals surface area contributed by atoms with E-state index in [1.165, 1.54) is 0 Å². The fourth-order valence-corrected chi connectivity index (χ4v) is 3.91. The Morgan fingerprint density at radius 2 is 2.10 bits per heavy atom. The predicted octanol–water partition coefficient (Wildman–Crippen LogP) is 2.19. The highest BCUT2D eigenvalue weighted by atomic mass is 28.4. The number of piperidine rings is 1. The number of ether oxygens (including phenoxy) is 1. The van der Waals surface area contributed by atoms with E-state index >= 15 is 0 Å². The van der Waals surface area contributed by atoms with Crippen LogP contribution in [0.2, 0.25) is 18.1 Å². The average Bonchev–Trinajstić information content (AvgIpc) is 2.74. The zero-order valence-electron chi connectivity index (χ0n) is 13.4. The maximum atomic E-state index is 11.8. The predicted molar refractivity (Wildman–Crippen MR) is 81.4 cm³/mol. The van der Waals surface area contributed by atoms with Crippen molar-refractivity contribution in [3.63, 3.8) is 0 Å². The highest BCUT2D eigenvalue weighted by Gasteiger charge is 2.44. The Labute approximate surface area is 123 Å². The van der Waals surface area contributed by atoms with Gasteiger partial charge in [-0.05, 0) is 31.1 Å².